The summed E-state index contributed by atoms with van der Waals surface area (Å²) < 4.78 is 5.31. The van der Waals surface area contributed by atoms with Crippen molar-refractivity contribution in [1.29, 1.82) is 0 Å². The topological polar surface area (TPSA) is 19.4 Å². The van der Waals surface area contributed by atoms with Crippen molar-refractivity contribution < 1.29 is 0 Å². The van der Waals surface area contributed by atoms with Crippen LogP contribution in [0.15, 0.2) is 291 Å². The highest BCUT2D eigenvalue weighted by Crippen LogP contribution is 2.59. The van der Waals surface area contributed by atoms with E-state index in [0.717, 1.165) is 93.9 Å². The minimum Gasteiger partial charge on any atom is -0.311 e. The summed E-state index contributed by atoms with van der Waals surface area (Å²) in [5.74, 6) is 0. The van der Waals surface area contributed by atoms with Crippen LogP contribution in [0.5, 0.6) is 0 Å². The molecule has 0 atom stereocenters. The molecule has 0 bridgehead atoms. The summed E-state index contributed by atoms with van der Waals surface area (Å²) >= 11 is 4.02. The molecular formula is C106H98B2N6S2. The number of hydrogen-bond acceptors (Lipinski definition) is 8. The molecule has 0 saturated heterocycles. The molecule has 15 aromatic rings. The third kappa shape index (κ3) is 11.0. The van der Waals surface area contributed by atoms with Crippen LogP contribution in [0, 0.1) is 0 Å². The highest BCUT2D eigenvalue weighted by molar-refractivity contribution is 7.35. The van der Waals surface area contributed by atoms with Crippen LogP contribution in [0.25, 0.3) is 20.2 Å². The van der Waals surface area contributed by atoms with E-state index in [-0.39, 0.29) is 45.9 Å². The Kier molecular flexibility index (Phi) is 16.3. The first-order valence-corrected chi connectivity index (χ1v) is 43.6. The van der Waals surface area contributed by atoms with Gasteiger partial charge in [0.15, 0.2) is 0 Å². The fourth-order valence-corrected chi connectivity index (χ4v) is 24.2. The van der Waals surface area contributed by atoms with E-state index >= 15 is 0 Å². The summed E-state index contributed by atoms with van der Waals surface area (Å²) in [6, 6.07) is 113. The van der Waals surface area contributed by atoms with Crippen LogP contribution < -0.4 is 60.8 Å². The molecule has 2 aliphatic carbocycles. The molecule has 6 heterocycles. The zero-order valence-electron chi connectivity index (χ0n) is 69.2. The maximum absolute atomic E-state index is 2.76. The predicted octanol–water partition coefficient (Wildman–Crippen LogP) is 26.5. The van der Waals surface area contributed by atoms with Crippen molar-refractivity contribution in [1.82, 2.24) is 0 Å². The fourth-order valence-electron chi connectivity index (χ4n) is 21.6. The van der Waals surface area contributed by atoms with E-state index in [1.54, 1.807) is 0 Å². The highest BCUT2D eigenvalue weighted by atomic mass is 32.1. The summed E-state index contributed by atoms with van der Waals surface area (Å²) in [5.41, 5.74) is 34.0. The van der Waals surface area contributed by atoms with Gasteiger partial charge in [-0.05, 0) is 265 Å². The number of rotatable bonds is 14. The molecule has 0 fully saturated rings. The zero-order valence-corrected chi connectivity index (χ0v) is 70.8. The second-order valence-corrected chi connectivity index (χ2v) is 39.7. The summed E-state index contributed by atoms with van der Waals surface area (Å²) in [6.07, 6.45) is 4.17. The van der Waals surface area contributed by atoms with Gasteiger partial charge in [0, 0.05) is 109 Å². The third-order valence-electron chi connectivity index (χ3n) is 27.6. The van der Waals surface area contributed by atoms with Gasteiger partial charge in [-0.25, -0.2) is 0 Å². The van der Waals surface area contributed by atoms with E-state index in [0.29, 0.717) is 0 Å². The van der Waals surface area contributed by atoms with Crippen LogP contribution in [0.2, 0.25) is 0 Å². The largest absolute Gasteiger partial charge is 0.311 e. The smallest absolute Gasteiger partial charge is 0.264 e. The third-order valence-corrected chi connectivity index (χ3v) is 30.0. The van der Waals surface area contributed by atoms with Crippen molar-refractivity contribution in [2.45, 2.75) is 155 Å². The lowest BCUT2D eigenvalue weighted by Crippen LogP contribution is -2.64. The quantitative estimate of drug-likeness (QED) is 0.100. The lowest BCUT2D eigenvalue weighted by molar-refractivity contribution is 0.402. The van der Waals surface area contributed by atoms with E-state index in [1.807, 2.05) is 22.7 Å². The van der Waals surface area contributed by atoms with Crippen LogP contribution >= 0.6 is 22.7 Å². The molecule has 6 aliphatic rings. The van der Waals surface area contributed by atoms with Gasteiger partial charge < -0.3 is 29.4 Å². The molecule has 13 aromatic carbocycles. The molecule has 10 heteroatoms. The van der Waals surface area contributed by atoms with Gasteiger partial charge in [0.25, 0.3) is 13.4 Å². The van der Waals surface area contributed by atoms with E-state index in [9.17, 15) is 0 Å². The highest BCUT2D eigenvalue weighted by Gasteiger charge is 2.53. The number of para-hydroxylation sites is 6. The van der Waals surface area contributed by atoms with Crippen molar-refractivity contribution in [3.8, 4) is 0 Å². The van der Waals surface area contributed by atoms with Crippen molar-refractivity contribution in [2.75, 3.05) is 29.4 Å². The maximum atomic E-state index is 2.76. The van der Waals surface area contributed by atoms with Gasteiger partial charge in [0.2, 0.25) is 0 Å². The Balaban J connectivity index is 0.921. The Morgan fingerprint density at radius 2 is 0.629 bits per heavy atom. The first kappa shape index (κ1) is 72.4. The van der Waals surface area contributed by atoms with Gasteiger partial charge in [-0.1, -0.05) is 236 Å². The molecule has 4 aliphatic heterocycles. The molecule has 0 N–H and O–H groups in total. The Hall–Kier alpha value is -11.3. The van der Waals surface area contributed by atoms with E-state index in [4.69, 9.17) is 0 Å². The SMILES string of the molecule is CCC(C)(C)c1ccc2sc3c(c2c1)N(c1ccc2c(c1)C(C)(C)CC2(C)C)c1cc(N(c2ccccc2)c2ccccc2)cc2c1B3c1cc3c(cc1N2c1ccccc1)N(c1ccccc1)c1cc(N(c2ccccc2)c2ccccc2)cc2c1B3c1sc3ccc(C(C)(C)CC)cc3c1N2c1ccc2c(c1)C(C)(C)CC2(C)C. The van der Waals surface area contributed by atoms with E-state index < -0.39 is 0 Å². The Labute approximate surface area is 694 Å². The van der Waals surface area contributed by atoms with Crippen LogP contribution in [0.3, 0.4) is 0 Å². The molecule has 0 spiro atoms. The summed E-state index contributed by atoms with van der Waals surface area (Å²) in [4.78, 5) is 15.8. The molecular weight excluding hydrogens is 1440 g/mol. The van der Waals surface area contributed by atoms with Gasteiger partial charge in [-0.15, -0.1) is 22.7 Å². The Bertz CT molecular complexity index is 6020. The molecule has 0 unspecified atom stereocenters. The first-order valence-electron chi connectivity index (χ1n) is 42.0. The van der Waals surface area contributed by atoms with Gasteiger partial charge in [0.05, 0.1) is 22.7 Å². The second-order valence-electron chi connectivity index (χ2n) is 37.5. The number of anilines is 18. The maximum Gasteiger partial charge on any atom is 0.264 e. The minimum atomic E-state index is -0.217. The van der Waals surface area contributed by atoms with Crippen molar-refractivity contribution in [3.05, 3.63) is 325 Å². The number of benzene rings is 13. The summed E-state index contributed by atoms with van der Waals surface area (Å²) in [6.45, 7) is 33.7. The average molecular weight is 1540 g/mol. The van der Waals surface area contributed by atoms with Gasteiger partial charge in [-0.3, -0.25) is 0 Å². The predicted molar refractivity (Wildman–Crippen MR) is 503 cm³/mol. The Morgan fingerprint density at radius 1 is 0.310 bits per heavy atom. The lowest BCUT2D eigenvalue weighted by Gasteiger charge is -2.47. The van der Waals surface area contributed by atoms with E-state index in [1.165, 1.54) is 119 Å². The average Bonchev–Trinajstić information content (AvgIpc) is 1.54. The van der Waals surface area contributed by atoms with Crippen molar-refractivity contribution in [2.24, 2.45) is 0 Å². The number of nitrogens with zero attached hydrogens (tertiary/aromatic N) is 6. The van der Waals surface area contributed by atoms with Gasteiger partial charge in [0.1, 0.15) is 0 Å². The van der Waals surface area contributed by atoms with Crippen molar-refractivity contribution in [3.63, 3.8) is 0 Å². The van der Waals surface area contributed by atoms with E-state index in [2.05, 4.69) is 418 Å². The molecule has 2 aromatic heterocycles. The summed E-state index contributed by atoms with van der Waals surface area (Å²) in [7, 11) is 0. The minimum absolute atomic E-state index is 0.0118. The van der Waals surface area contributed by atoms with Gasteiger partial charge in [-0.2, -0.15) is 0 Å². The van der Waals surface area contributed by atoms with Crippen molar-refractivity contribution >= 4 is 190 Å². The first-order chi connectivity index (χ1) is 55.9. The van der Waals surface area contributed by atoms with Crippen LogP contribution in [0.4, 0.5) is 102 Å². The normalized spacial score (nSPS) is 16.0. The standard InChI is InChI=1S/C106H98B2N6S2/c1-15-101(3,4)67-47-53-93-79(55-67)97-99(115-93)107-85-63-86-88(64-87(85)111(73-43-31-21-32-44-73)89-59-77(109(69-35-23-17-24-36-69)70-37-25-18-26-38-70)61-91(95(89)107)113(97)75-49-51-81-83(57-75)105(11,12)65-103(81,7)8)112(74-45-33-22-34-46-74)90-60-78(110(71-39-27-19-28-40-71)72-41-29-20-30-42-72)62-92-96(90)108(86)100-98(80-56-68(102(5,6)16-2)48-54-94(80)116-100)114(92)76-50-52-82-84(58-76)106(13,14)66-104(82,9)10/h17-64H,15-16,65-66H2,1-14H3. The Morgan fingerprint density at radius 3 is 0.966 bits per heavy atom. The molecule has 21 rings (SSSR count). The molecule has 6 nitrogen and oxygen atoms in total. The monoisotopic (exact) mass is 1540 g/mol. The van der Waals surface area contributed by atoms with Gasteiger partial charge >= 0.3 is 0 Å². The lowest BCUT2D eigenvalue weighted by atomic mass is 9.32. The molecule has 116 heavy (non-hydrogen) atoms. The molecule has 0 amide bonds. The summed E-state index contributed by atoms with van der Waals surface area (Å²) in [5, 5.41) is 2.59. The molecule has 0 saturated carbocycles. The van der Waals surface area contributed by atoms with Crippen LogP contribution in [-0.4, -0.2) is 13.4 Å². The molecule has 570 valence electrons. The number of thiophene rings is 2. The molecule has 0 radical (unpaired) electrons. The number of fused-ring (bicyclic) bond motifs is 14. The van der Waals surface area contributed by atoms with Crippen LogP contribution in [0.1, 0.15) is 156 Å². The zero-order chi connectivity index (χ0) is 79.4. The fraction of sp³-hybridized carbons (Fsp3) is 0.226. The second kappa shape index (κ2) is 26.1. The van der Waals surface area contributed by atoms with Crippen LogP contribution in [-0.2, 0) is 32.5 Å². The number of hydrogen-bond donors (Lipinski definition) is 0.